The molecule has 0 spiro atoms. The summed E-state index contributed by atoms with van der Waals surface area (Å²) in [7, 11) is 0. The largest absolute Gasteiger partial charge is 0.325 e. The van der Waals surface area contributed by atoms with Crippen molar-refractivity contribution in [3.8, 4) is 0 Å². The highest BCUT2D eigenvalue weighted by atomic mass is 16.2. The van der Waals surface area contributed by atoms with Gasteiger partial charge in [-0.25, -0.2) is 0 Å². The third kappa shape index (κ3) is 1.63. The van der Waals surface area contributed by atoms with Gasteiger partial charge in [0.15, 0.2) is 0 Å². The van der Waals surface area contributed by atoms with Crippen molar-refractivity contribution in [1.82, 2.24) is 10.2 Å². The van der Waals surface area contributed by atoms with Gasteiger partial charge in [0.25, 0.3) is 0 Å². The molecule has 0 radical (unpaired) electrons. The van der Waals surface area contributed by atoms with Crippen LogP contribution in [0.2, 0.25) is 0 Å². The first-order valence-corrected chi connectivity index (χ1v) is 6.80. The van der Waals surface area contributed by atoms with Gasteiger partial charge >= 0.3 is 0 Å². The van der Waals surface area contributed by atoms with Crippen molar-refractivity contribution in [2.75, 3.05) is 13.1 Å². The number of hydrogen-bond acceptors (Lipinski definition) is 4. The van der Waals surface area contributed by atoms with Crippen LogP contribution in [0.1, 0.15) is 40.5 Å². The molecule has 2 aliphatic rings. The van der Waals surface area contributed by atoms with Crippen LogP contribution >= 0.6 is 0 Å². The Bertz CT molecular complexity index is 568. The molecule has 1 fully saturated rings. The summed E-state index contributed by atoms with van der Waals surface area (Å²) in [6.07, 6.45) is 1.86. The van der Waals surface area contributed by atoms with Crippen LogP contribution in [0.25, 0.3) is 0 Å². The Morgan fingerprint density at radius 2 is 1.60 bits per heavy atom. The van der Waals surface area contributed by atoms with E-state index in [0.717, 1.165) is 12.8 Å². The van der Waals surface area contributed by atoms with Gasteiger partial charge in [-0.3, -0.25) is 19.3 Å². The molecule has 3 rings (SSSR count). The van der Waals surface area contributed by atoms with E-state index in [2.05, 4.69) is 5.32 Å². The maximum Gasteiger partial charge on any atom is 0.223 e. The fraction of sp³-hybridized carbons (Fsp3) is 0.400. The number of benzene rings is 1. The molecule has 1 aliphatic carbocycles. The lowest BCUT2D eigenvalue weighted by atomic mass is 10.0. The summed E-state index contributed by atoms with van der Waals surface area (Å²) in [5.74, 6) is -0.989. The van der Waals surface area contributed by atoms with Crippen molar-refractivity contribution in [2.45, 2.75) is 25.4 Å². The number of ketones is 2. The Morgan fingerprint density at radius 1 is 1.10 bits per heavy atom. The fourth-order valence-electron chi connectivity index (χ4n) is 3.16. The first kappa shape index (κ1) is 13.0. The summed E-state index contributed by atoms with van der Waals surface area (Å²) in [5, 5.41) is 2.63. The Morgan fingerprint density at radius 3 is 2.05 bits per heavy atom. The molecule has 1 aromatic carbocycles. The van der Waals surface area contributed by atoms with E-state index in [0.29, 0.717) is 24.2 Å². The minimum Gasteiger partial charge on any atom is -0.325 e. The fourth-order valence-corrected chi connectivity index (χ4v) is 3.16. The van der Waals surface area contributed by atoms with Gasteiger partial charge in [-0.05, 0) is 12.8 Å². The molecule has 0 bridgehead atoms. The Kier molecular flexibility index (Phi) is 2.94. The van der Waals surface area contributed by atoms with Crippen molar-refractivity contribution in [3.05, 3.63) is 35.4 Å². The molecule has 1 aliphatic heterocycles. The Hall–Kier alpha value is -2.01. The first-order valence-electron chi connectivity index (χ1n) is 6.80. The molecule has 0 saturated carbocycles. The average Bonchev–Trinajstić information content (AvgIpc) is 3.02. The molecular weight excluding hydrogens is 256 g/mol. The molecule has 1 aromatic rings. The smallest absolute Gasteiger partial charge is 0.223 e. The minimum absolute atomic E-state index is 0.310. The van der Waals surface area contributed by atoms with Crippen LogP contribution in [0.5, 0.6) is 0 Å². The van der Waals surface area contributed by atoms with Crippen LogP contribution in [-0.4, -0.2) is 41.1 Å². The maximum atomic E-state index is 12.8. The minimum atomic E-state index is -1.52. The highest BCUT2D eigenvalue weighted by Crippen LogP contribution is 2.34. The van der Waals surface area contributed by atoms with Gasteiger partial charge in [-0.15, -0.1) is 0 Å². The highest BCUT2D eigenvalue weighted by molar-refractivity contribution is 6.33. The molecule has 0 atom stereocenters. The quantitative estimate of drug-likeness (QED) is 0.815. The van der Waals surface area contributed by atoms with E-state index in [9.17, 15) is 14.4 Å². The second kappa shape index (κ2) is 4.52. The summed E-state index contributed by atoms with van der Waals surface area (Å²) >= 11 is 0. The van der Waals surface area contributed by atoms with E-state index in [4.69, 9.17) is 0 Å². The number of likely N-dealkylation sites (tertiary alicyclic amines) is 1. The number of carbonyl (C=O) groups excluding carboxylic acids is 3. The van der Waals surface area contributed by atoms with Crippen LogP contribution in [0, 0.1) is 0 Å². The Balaban J connectivity index is 2.14. The average molecular weight is 272 g/mol. The lowest BCUT2D eigenvalue weighted by molar-refractivity contribution is -0.121. The molecule has 20 heavy (non-hydrogen) atoms. The molecule has 1 heterocycles. The zero-order valence-corrected chi connectivity index (χ0v) is 11.3. The SMILES string of the molecule is CC(=O)NC1(N2CCCC2)C(=O)c2ccccc2C1=O. The van der Waals surface area contributed by atoms with E-state index >= 15 is 0 Å². The molecule has 0 unspecified atom stereocenters. The number of Topliss-reactive ketones (excluding diaryl/α,β-unsaturated/α-hetero) is 2. The van der Waals surface area contributed by atoms with Crippen LogP contribution in [0.3, 0.4) is 0 Å². The molecular formula is C15H16N2O3. The van der Waals surface area contributed by atoms with Crippen molar-refractivity contribution >= 4 is 17.5 Å². The molecule has 1 saturated heterocycles. The van der Waals surface area contributed by atoms with E-state index in [1.807, 2.05) is 0 Å². The van der Waals surface area contributed by atoms with Crippen LogP contribution in [-0.2, 0) is 4.79 Å². The molecule has 5 nitrogen and oxygen atoms in total. The standard InChI is InChI=1S/C15H16N2O3/c1-10(18)16-15(17-8-4-5-9-17)13(19)11-6-2-3-7-12(11)14(15)20/h2-3,6-7H,4-5,8-9H2,1H3,(H,16,18). The normalized spacial score (nSPS) is 21.1. The molecule has 5 heteroatoms. The van der Waals surface area contributed by atoms with Crippen LogP contribution < -0.4 is 5.32 Å². The zero-order chi connectivity index (χ0) is 14.3. The zero-order valence-electron chi connectivity index (χ0n) is 11.3. The number of fused-ring (bicyclic) bond motifs is 1. The van der Waals surface area contributed by atoms with E-state index in [1.54, 1.807) is 29.2 Å². The molecule has 1 amide bonds. The number of rotatable bonds is 2. The third-order valence-corrected chi connectivity index (χ3v) is 4.01. The molecule has 104 valence electrons. The summed E-state index contributed by atoms with van der Waals surface area (Å²) in [4.78, 5) is 38.9. The lowest BCUT2D eigenvalue weighted by Gasteiger charge is -2.35. The second-order valence-electron chi connectivity index (χ2n) is 5.29. The van der Waals surface area contributed by atoms with E-state index in [-0.39, 0.29) is 17.5 Å². The monoisotopic (exact) mass is 272 g/mol. The van der Waals surface area contributed by atoms with Crippen LogP contribution in [0.4, 0.5) is 0 Å². The lowest BCUT2D eigenvalue weighted by Crippen LogP contribution is -2.66. The van der Waals surface area contributed by atoms with Gasteiger partial charge in [-0.2, -0.15) is 0 Å². The van der Waals surface area contributed by atoms with Crippen molar-refractivity contribution in [3.63, 3.8) is 0 Å². The number of amides is 1. The predicted octanol–water partition coefficient (Wildman–Crippen LogP) is 0.994. The summed E-state index contributed by atoms with van der Waals surface area (Å²) in [6, 6.07) is 6.76. The van der Waals surface area contributed by atoms with Gasteiger partial charge < -0.3 is 5.32 Å². The van der Waals surface area contributed by atoms with E-state index in [1.165, 1.54) is 6.92 Å². The van der Waals surface area contributed by atoms with Gasteiger partial charge in [-0.1, -0.05) is 24.3 Å². The number of carbonyl (C=O) groups is 3. The topological polar surface area (TPSA) is 66.5 Å². The van der Waals surface area contributed by atoms with Crippen LogP contribution in [0.15, 0.2) is 24.3 Å². The highest BCUT2D eigenvalue weighted by Gasteiger charge is 2.57. The maximum absolute atomic E-state index is 12.8. The Labute approximate surface area is 116 Å². The molecule has 0 aromatic heterocycles. The van der Waals surface area contributed by atoms with Gasteiger partial charge in [0.2, 0.25) is 23.1 Å². The van der Waals surface area contributed by atoms with Crippen molar-refractivity contribution in [2.24, 2.45) is 0 Å². The van der Waals surface area contributed by atoms with Gasteiger partial charge in [0, 0.05) is 31.1 Å². The second-order valence-corrected chi connectivity index (χ2v) is 5.29. The number of hydrogen-bond donors (Lipinski definition) is 1. The summed E-state index contributed by atoms with van der Waals surface area (Å²) < 4.78 is 0. The molecule has 1 N–H and O–H groups in total. The van der Waals surface area contributed by atoms with Crippen molar-refractivity contribution < 1.29 is 14.4 Å². The van der Waals surface area contributed by atoms with Crippen molar-refractivity contribution in [1.29, 1.82) is 0 Å². The van der Waals surface area contributed by atoms with Gasteiger partial charge in [0.1, 0.15) is 0 Å². The van der Waals surface area contributed by atoms with E-state index < -0.39 is 5.66 Å². The number of nitrogens with one attached hydrogen (secondary N) is 1. The number of nitrogens with zero attached hydrogens (tertiary/aromatic N) is 1. The summed E-state index contributed by atoms with van der Waals surface area (Å²) in [5.41, 5.74) is -0.720. The first-order chi connectivity index (χ1) is 9.57. The predicted molar refractivity (Wildman–Crippen MR) is 72.5 cm³/mol. The summed E-state index contributed by atoms with van der Waals surface area (Å²) in [6.45, 7) is 2.62. The van der Waals surface area contributed by atoms with Gasteiger partial charge in [0.05, 0.1) is 0 Å². The third-order valence-electron chi connectivity index (χ3n) is 4.01.